The number of hydrogen-bond donors (Lipinski definition) is 3. The molecule has 5 nitrogen and oxygen atoms in total. The van der Waals surface area contributed by atoms with Crippen molar-refractivity contribution in [2.75, 3.05) is 6.54 Å². The van der Waals surface area contributed by atoms with Crippen LogP contribution in [0.15, 0.2) is 24.3 Å². The van der Waals surface area contributed by atoms with Gasteiger partial charge < -0.3 is 15.5 Å². The zero-order valence-electron chi connectivity index (χ0n) is 11.1. The maximum atomic E-state index is 11.7. The highest BCUT2D eigenvalue weighted by Crippen LogP contribution is 2.08. The Labute approximate surface area is 112 Å². The molecule has 0 aliphatic carbocycles. The van der Waals surface area contributed by atoms with E-state index in [0.717, 1.165) is 11.1 Å². The van der Waals surface area contributed by atoms with Gasteiger partial charge in [-0.2, -0.15) is 0 Å². The lowest BCUT2D eigenvalue weighted by Crippen LogP contribution is -2.42. The van der Waals surface area contributed by atoms with E-state index >= 15 is 0 Å². The molecule has 19 heavy (non-hydrogen) atoms. The number of aliphatic carboxylic acids is 1. The Morgan fingerprint density at radius 1 is 1.26 bits per heavy atom. The number of aliphatic hydroxyl groups is 1. The molecular weight excluding hydrogens is 246 g/mol. The van der Waals surface area contributed by atoms with Gasteiger partial charge in [-0.25, -0.2) is 0 Å². The van der Waals surface area contributed by atoms with Crippen molar-refractivity contribution in [3.63, 3.8) is 0 Å². The Balaban J connectivity index is 2.43. The predicted octanol–water partition coefficient (Wildman–Crippen LogP) is 0.879. The van der Waals surface area contributed by atoms with Crippen LogP contribution in [0, 0.1) is 6.92 Å². The largest absolute Gasteiger partial charge is 0.481 e. The summed E-state index contributed by atoms with van der Waals surface area (Å²) in [6, 6.07) is 7.57. The first-order valence-electron chi connectivity index (χ1n) is 6.05. The summed E-state index contributed by atoms with van der Waals surface area (Å²) in [5.74, 6) is -1.34. The Hall–Kier alpha value is -1.88. The molecule has 0 saturated carbocycles. The maximum absolute atomic E-state index is 11.7. The third-order valence-electron chi connectivity index (χ3n) is 2.68. The number of aryl methyl sites for hydroxylation is 1. The van der Waals surface area contributed by atoms with Crippen LogP contribution in [0.2, 0.25) is 0 Å². The molecule has 0 saturated heterocycles. The summed E-state index contributed by atoms with van der Waals surface area (Å²) in [7, 11) is 0. The van der Waals surface area contributed by atoms with Crippen molar-refractivity contribution >= 4 is 11.9 Å². The second-order valence-electron chi connectivity index (χ2n) is 5.01. The van der Waals surface area contributed by atoms with E-state index in [9.17, 15) is 14.7 Å². The van der Waals surface area contributed by atoms with Crippen LogP contribution in [-0.2, 0) is 16.0 Å². The minimum atomic E-state index is -1.44. The van der Waals surface area contributed by atoms with Gasteiger partial charge in [0.15, 0.2) is 0 Å². The minimum absolute atomic E-state index is 0.0794. The van der Waals surface area contributed by atoms with Crippen molar-refractivity contribution in [2.45, 2.75) is 32.3 Å². The fraction of sp³-hybridized carbons (Fsp3) is 0.429. The van der Waals surface area contributed by atoms with Gasteiger partial charge in [-0.1, -0.05) is 29.8 Å². The number of benzene rings is 1. The zero-order valence-corrected chi connectivity index (χ0v) is 11.1. The van der Waals surface area contributed by atoms with Crippen LogP contribution >= 0.6 is 0 Å². The molecule has 104 valence electrons. The summed E-state index contributed by atoms with van der Waals surface area (Å²) in [4.78, 5) is 22.2. The fourth-order valence-corrected chi connectivity index (χ4v) is 1.63. The first kappa shape index (κ1) is 15.2. The number of hydrogen-bond acceptors (Lipinski definition) is 3. The molecule has 0 heterocycles. The SMILES string of the molecule is Cc1ccc(CC(=O)NCC(C)(O)CC(=O)O)cc1. The average molecular weight is 265 g/mol. The molecule has 0 spiro atoms. The number of carbonyl (C=O) groups excluding carboxylic acids is 1. The molecule has 0 bridgehead atoms. The van der Waals surface area contributed by atoms with Gasteiger partial charge in [-0.15, -0.1) is 0 Å². The van der Waals surface area contributed by atoms with E-state index in [4.69, 9.17) is 5.11 Å². The van der Waals surface area contributed by atoms with Crippen molar-refractivity contribution in [3.05, 3.63) is 35.4 Å². The third kappa shape index (κ3) is 6.01. The van der Waals surface area contributed by atoms with Crippen LogP contribution in [0.3, 0.4) is 0 Å². The quantitative estimate of drug-likeness (QED) is 0.712. The molecule has 0 aromatic heterocycles. The topological polar surface area (TPSA) is 86.6 Å². The monoisotopic (exact) mass is 265 g/mol. The highest BCUT2D eigenvalue weighted by atomic mass is 16.4. The van der Waals surface area contributed by atoms with E-state index in [1.54, 1.807) is 0 Å². The Bertz CT molecular complexity index is 451. The van der Waals surface area contributed by atoms with Crippen molar-refractivity contribution < 1.29 is 19.8 Å². The second kappa shape index (κ2) is 6.33. The average Bonchev–Trinajstić information content (AvgIpc) is 2.28. The van der Waals surface area contributed by atoms with Crippen LogP contribution in [-0.4, -0.2) is 34.2 Å². The van der Waals surface area contributed by atoms with Gasteiger partial charge >= 0.3 is 5.97 Å². The molecular formula is C14H19NO4. The smallest absolute Gasteiger partial charge is 0.306 e. The van der Waals surface area contributed by atoms with Gasteiger partial charge in [0, 0.05) is 6.54 Å². The molecule has 5 heteroatoms. The van der Waals surface area contributed by atoms with Gasteiger partial charge in [-0.05, 0) is 19.4 Å². The lowest BCUT2D eigenvalue weighted by molar-refractivity contribution is -0.142. The predicted molar refractivity (Wildman–Crippen MR) is 70.8 cm³/mol. The number of nitrogens with one attached hydrogen (secondary N) is 1. The number of carbonyl (C=O) groups is 2. The van der Waals surface area contributed by atoms with E-state index in [-0.39, 0.29) is 18.9 Å². The molecule has 1 aromatic rings. The van der Waals surface area contributed by atoms with Gasteiger partial charge in [-0.3, -0.25) is 9.59 Å². The van der Waals surface area contributed by atoms with E-state index in [2.05, 4.69) is 5.32 Å². The molecule has 0 aliphatic heterocycles. The molecule has 1 atom stereocenters. The van der Waals surface area contributed by atoms with E-state index in [1.807, 2.05) is 31.2 Å². The highest BCUT2D eigenvalue weighted by molar-refractivity contribution is 5.78. The Kier molecular flexibility index (Phi) is 5.06. The van der Waals surface area contributed by atoms with Crippen LogP contribution in [0.25, 0.3) is 0 Å². The summed E-state index contributed by atoms with van der Waals surface area (Å²) < 4.78 is 0. The van der Waals surface area contributed by atoms with Gasteiger partial charge in [0.25, 0.3) is 0 Å². The third-order valence-corrected chi connectivity index (χ3v) is 2.68. The van der Waals surface area contributed by atoms with Crippen LogP contribution in [0.4, 0.5) is 0 Å². The molecule has 1 unspecified atom stereocenters. The normalized spacial score (nSPS) is 13.6. The van der Waals surface area contributed by atoms with Crippen molar-refractivity contribution in [1.29, 1.82) is 0 Å². The van der Waals surface area contributed by atoms with E-state index < -0.39 is 18.0 Å². The zero-order chi connectivity index (χ0) is 14.5. The van der Waals surface area contributed by atoms with Crippen molar-refractivity contribution in [2.24, 2.45) is 0 Å². The number of rotatable bonds is 6. The van der Waals surface area contributed by atoms with Crippen LogP contribution < -0.4 is 5.32 Å². The Morgan fingerprint density at radius 3 is 2.37 bits per heavy atom. The lowest BCUT2D eigenvalue weighted by Gasteiger charge is -2.21. The molecule has 0 radical (unpaired) electrons. The van der Waals surface area contributed by atoms with Crippen LogP contribution in [0.5, 0.6) is 0 Å². The maximum Gasteiger partial charge on any atom is 0.306 e. The number of amides is 1. The Morgan fingerprint density at radius 2 is 1.84 bits per heavy atom. The molecule has 1 aromatic carbocycles. The molecule has 1 amide bonds. The van der Waals surface area contributed by atoms with Crippen molar-refractivity contribution in [1.82, 2.24) is 5.32 Å². The van der Waals surface area contributed by atoms with Gasteiger partial charge in [0.05, 0.1) is 18.4 Å². The van der Waals surface area contributed by atoms with Gasteiger partial charge in [0.1, 0.15) is 0 Å². The minimum Gasteiger partial charge on any atom is -0.481 e. The number of carboxylic acid groups (broad SMARTS) is 1. The summed E-state index contributed by atoms with van der Waals surface area (Å²) in [5, 5.41) is 20.9. The highest BCUT2D eigenvalue weighted by Gasteiger charge is 2.24. The standard InChI is InChI=1S/C14H19NO4/c1-10-3-5-11(6-4-10)7-12(16)15-9-14(2,19)8-13(17)18/h3-6,19H,7-9H2,1-2H3,(H,15,16)(H,17,18). The summed E-state index contributed by atoms with van der Waals surface area (Å²) in [6.45, 7) is 3.27. The van der Waals surface area contributed by atoms with E-state index in [0.29, 0.717) is 0 Å². The lowest BCUT2D eigenvalue weighted by atomic mass is 10.0. The molecule has 3 N–H and O–H groups in total. The number of carboxylic acids is 1. The first-order valence-corrected chi connectivity index (χ1v) is 6.05. The fourth-order valence-electron chi connectivity index (χ4n) is 1.63. The van der Waals surface area contributed by atoms with Gasteiger partial charge in [0.2, 0.25) is 5.91 Å². The molecule has 0 aliphatic rings. The van der Waals surface area contributed by atoms with E-state index in [1.165, 1.54) is 6.92 Å². The summed E-state index contributed by atoms with van der Waals surface area (Å²) in [5.41, 5.74) is 0.559. The van der Waals surface area contributed by atoms with Crippen LogP contribution in [0.1, 0.15) is 24.5 Å². The summed E-state index contributed by atoms with van der Waals surface area (Å²) in [6.07, 6.45) is -0.193. The molecule has 1 rings (SSSR count). The molecule has 0 fully saturated rings. The summed E-state index contributed by atoms with van der Waals surface area (Å²) >= 11 is 0. The first-order chi connectivity index (χ1) is 8.78. The second-order valence-corrected chi connectivity index (χ2v) is 5.01. The van der Waals surface area contributed by atoms with Crippen molar-refractivity contribution in [3.8, 4) is 0 Å².